The van der Waals surface area contributed by atoms with Crippen molar-refractivity contribution in [1.82, 2.24) is 0 Å². The summed E-state index contributed by atoms with van der Waals surface area (Å²) in [6.45, 7) is 9.15. The van der Waals surface area contributed by atoms with E-state index in [2.05, 4.69) is 6.92 Å². The second kappa shape index (κ2) is 6.63. The molecule has 0 unspecified atom stereocenters. The smallest absolute Gasteiger partial charge is 0.367 e. The second-order valence-corrected chi connectivity index (χ2v) is 7.51. The van der Waals surface area contributed by atoms with E-state index in [1.165, 1.54) is 0 Å². The molecule has 0 aliphatic carbocycles. The van der Waals surface area contributed by atoms with Crippen molar-refractivity contribution in [3.63, 3.8) is 0 Å². The van der Waals surface area contributed by atoms with Crippen LogP contribution < -0.4 is 0 Å². The first-order valence-electron chi connectivity index (χ1n) is 8.06. The summed E-state index contributed by atoms with van der Waals surface area (Å²) >= 11 is 0. The fourth-order valence-corrected chi connectivity index (χ4v) is 3.42. The molecule has 1 rings (SSSR count). The van der Waals surface area contributed by atoms with Crippen molar-refractivity contribution in [3.8, 4) is 0 Å². The molecule has 0 spiro atoms. The molecule has 1 aliphatic rings. The Morgan fingerprint density at radius 1 is 1.19 bits per heavy atom. The summed E-state index contributed by atoms with van der Waals surface area (Å²) in [6.07, 6.45) is 4.37. The van der Waals surface area contributed by atoms with Gasteiger partial charge in [-0.1, -0.05) is 26.2 Å². The van der Waals surface area contributed by atoms with Gasteiger partial charge in [0.05, 0.1) is 12.5 Å². The van der Waals surface area contributed by atoms with Gasteiger partial charge in [0.1, 0.15) is 11.1 Å². The summed E-state index contributed by atoms with van der Waals surface area (Å²) in [5.41, 5.74) is -1.69. The highest BCUT2D eigenvalue weighted by Gasteiger charge is 2.57. The Hall–Kier alpha value is -0.650. The number of aliphatic hydroxyl groups excluding tert-OH is 1. The van der Waals surface area contributed by atoms with E-state index in [9.17, 15) is 15.1 Å². The molecular formula is C16H31NO4. The highest BCUT2D eigenvalue weighted by Crippen LogP contribution is 2.45. The number of nitrogens with zero attached hydrogens (tertiary/aromatic N) is 1. The zero-order chi connectivity index (χ0) is 16.3. The van der Waals surface area contributed by atoms with Crippen LogP contribution in [0.1, 0.15) is 79.6 Å². The molecular weight excluding hydrogens is 270 g/mol. The van der Waals surface area contributed by atoms with E-state index in [1.54, 1.807) is 27.7 Å². The first kappa shape index (κ1) is 18.4. The topological polar surface area (TPSA) is 69.6 Å². The molecule has 0 amide bonds. The summed E-state index contributed by atoms with van der Waals surface area (Å²) in [4.78, 5) is 16.4. The third-order valence-electron chi connectivity index (χ3n) is 4.53. The number of quaternary nitrogens is 1. The van der Waals surface area contributed by atoms with Crippen LogP contribution in [0.5, 0.6) is 0 Å². The molecule has 1 N–H and O–H groups in total. The van der Waals surface area contributed by atoms with Crippen molar-refractivity contribution < 1.29 is 19.5 Å². The molecule has 0 bridgehead atoms. The number of aliphatic hydroxyl groups is 1. The Morgan fingerprint density at radius 2 is 1.71 bits per heavy atom. The van der Waals surface area contributed by atoms with Gasteiger partial charge < -0.3 is 10.3 Å². The van der Waals surface area contributed by atoms with E-state index in [0.29, 0.717) is 12.8 Å². The zero-order valence-corrected chi connectivity index (χ0v) is 14.1. The number of carbonyl (C=O) groups excluding carboxylic acids is 1. The Labute approximate surface area is 128 Å². The fraction of sp³-hybridized carbons (Fsp3) is 0.938. The van der Waals surface area contributed by atoms with E-state index in [1.807, 2.05) is 0 Å². The number of hydrogen-bond donors (Lipinski definition) is 1. The summed E-state index contributed by atoms with van der Waals surface area (Å²) in [5, 5.41) is 23.2. The summed E-state index contributed by atoms with van der Waals surface area (Å²) in [7, 11) is 0. The predicted molar refractivity (Wildman–Crippen MR) is 81.9 cm³/mol. The second-order valence-electron chi connectivity index (χ2n) is 7.51. The monoisotopic (exact) mass is 301 g/mol. The van der Waals surface area contributed by atoms with E-state index >= 15 is 0 Å². The van der Waals surface area contributed by atoms with Crippen LogP contribution in [0.2, 0.25) is 0 Å². The number of unbranched alkanes of at least 4 members (excludes halogenated alkanes) is 3. The maximum atomic E-state index is 13.3. The van der Waals surface area contributed by atoms with Crippen molar-refractivity contribution in [3.05, 3.63) is 5.21 Å². The zero-order valence-electron chi connectivity index (χ0n) is 14.1. The van der Waals surface area contributed by atoms with E-state index in [4.69, 9.17) is 4.84 Å². The quantitative estimate of drug-likeness (QED) is 0.463. The number of rotatable bonds is 6. The van der Waals surface area contributed by atoms with Gasteiger partial charge in [-0.25, -0.2) is 4.79 Å². The first-order valence-corrected chi connectivity index (χ1v) is 8.06. The van der Waals surface area contributed by atoms with Crippen molar-refractivity contribution in [1.29, 1.82) is 0 Å². The molecule has 0 radical (unpaired) electrons. The van der Waals surface area contributed by atoms with Gasteiger partial charge in [0.2, 0.25) is 0 Å². The number of carbonyl (C=O) groups is 1. The standard InChI is InChI=1S/C16H31NO4/c1-6-7-8-9-10-14(19)21-17(20)15(2,3)11-13(18)12-16(17,4)5/h13,18H,6-12H2,1-5H3. The van der Waals surface area contributed by atoms with Gasteiger partial charge in [0, 0.05) is 12.8 Å². The van der Waals surface area contributed by atoms with Crippen LogP contribution in [-0.2, 0) is 9.63 Å². The van der Waals surface area contributed by atoms with Crippen LogP contribution in [0.4, 0.5) is 0 Å². The lowest BCUT2D eigenvalue weighted by Gasteiger charge is -2.61. The first-order chi connectivity index (χ1) is 9.56. The molecule has 5 heteroatoms. The van der Waals surface area contributed by atoms with Crippen LogP contribution in [0.15, 0.2) is 0 Å². The van der Waals surface area contributed by atoms with E-state index < -0.39 is 28.0 Å². The average Bonchev–Trinajstić information content (AvgIpc) is 2.31. The van der Waals surface area contributed by atoms with Crippen molar-refractivity contribution in [2.24, 2.45) is 0 Å². The molecule has 0 aromatic rings. The Kier molecular flexibility index (Phi) is 5.81. The lowest BCUT2D eigenvalue weighted by atomic mass is 9.79. The largest absolute Gasteiger partial charge is 0.588 e. The van der Waals surface area contributed by atoms with Crippen molar-refractivity contribution in [2.75, 3.05) is 0 Å². The SMILES string of the molecule is CCCCCCC(=O)O[N+]1([O-])C(C)(C)CC(O)CC1(C)C. The van der Waals surface area contributed by atoms with Crippen LogP contribution in [0, 0.1) is 5.21 Å². The Balaban J connectivity index is 2.74. The van der Waals surface area contributed by atoms with Crippen molar-refractivity contribution in [2.45, 2.75) is 96.7 Å². The summed E-state index contributed by atoms with van der Waals surface area (Å²) < 4.78 is 0. The minimum absolute atomic E-state index is 0.289. The van der Waals surface area contributed by atoms with Gasteiger partial charge in [-0.3, -0.25) is 4.84 Å². The van der Waals surface area contributed by atoms with Crippen LogP contribution in [0.3, 0.4) is 0 Å². The van der Waals surface area contributed by atoms with Crippen molar-refractivity contribution >= 4 is 5.97 Å². The normalized spacial score (nSPS) is 30.9. The fourth-order valence-electron chi connectivity index (χ4n) is 3.42. The minimum Gasteiger partial charge on any atom is -0.588 e. The van der Waals surface area contributed by atoms with Gasteiger partial charge in [0.25, 0.3) is 0 Å². The number of piperidine rings is 1. The summed E-state index contributed by atoms with van der Waals surface area (Å²) in [5.74, 6) is -0.432. The van der Waals surface area contributed by atoms with Gasteiger partial charge in [-0.2, -0.15) is 4.81 Å². The molecule has 124 valence electrons. The molecule has 21 heavy (non-hydrogen) atoms. The van der Waals surface area contributed by atoms with Gasteiger partial charge in [0.15, 0.2) is 0 Å². The minimum atomic E-state index is -1.01. The lowest BCUT2D eigenvalue weighted by Crippen LogP contribution is -2.72. The predicted octanol–water partition coefficient (Wildman–Crippen LogP) is 3.44. The lowest BCUT2D eigenvalue weighted by molar-refractivity contribution is -1.13. The number of hydrogen-bond acceptors (Lipinski definition) is 4. The summed E-state index contributed by atoms with van der Waals surface area (Å²) in [6, 6.07) is 0. The maximum absolute atomic E-state index is 13.3. The van der Waals surface area contributed by atoms with Crippen LogP contribution in [-0.4, -0.2) is 33.1 Å². The molecule has 0 aromatic carbocycles. The van der Waals surface area contributed by atoms with Crippen LogP contribution in [0.25, 0.3) is 0 Å². The molecule has 0 atom stereocenters. The Morgan fingerprint density at radius 3 is 2.19 bits per heavy atom. The van der Waals surface area contributed by atoms with Gasteiger partial charge >= 0.3 is 5.97 Å². The van der Waals surface area contributed by atoms with E-state index in [0.717, 1.165) is 25.7 Å². The molecule has 1 fully saturated rings. The van der Waals surface area contributed by atoms with E-state index in [-0.39, 0.29) is 6.42 Å². The molecule has 0 aromatic heterocycles. The van der Waals surface area contributed by atoms with Gasteiger partial charge in [-0.05, 0) is 34.1 Å². The van der Waals surface area contributed by atoms with Gasteiger partial charge in [-0.15, -0.1) is 0 Å². The molecule has 1 saturated heterocycles. The number of hydroxylamine groups is 4. The highest BCUT2D eigenvalue weighted by molar-refractivity contribution is 5.68. The Bertz CT molecular complexity index is 347. The van der Waals surface area contributed by atoms with Crippen LogP contribution >= 0.6 is 0 Å². The molecule has 1 heterocycles. The molecule has 1 aliphatic heterocycles. The maximum Gasteiger partial charge on any atom is 0.367 e. The highest BCUT2D eigenvalue weighted by atomic mass is 16.9. The average molecular weight is 301 g/mol. The molecule has 0 saturated carbocycles. The third-order valence-corrected chi connectivity index (χ3v) is 4.53. The third kappa shape index (κ3) is 3.96. The molecule has 5 nitrogen and oxygen atoms in total.